The SMILES string of the molecule is Cl.NCC1CCCC1NS(=O)(=O)c1ccccc1C(F)(F)F. The van der Waals surface area contributed by atoms with Gasteiger partial charge in [0.15, 0.2) is 0 Å². The second-order valence-electron chi connectivity index (χ2n) is 5.15. The fourth-order valence-corrected chi connectivity index (χ4v) is 4.24. The summed E-state index contributed by atoms with van der Waals surface area (Å²) in [4.78, 5) is -0.736. The molecule has 0 radical (unpaired) electrons. The Balaban J connectivity index is 0.00000242. The summed E-state index contributed by atoms with van der Waals surface area (Å²) in [7, 11) is -4.23. The molecule has 0 amide bonds. The van der Waals surface area contributed by atoms with Crippen LogP contribution in [0.4, 0.5) is 13.2 Å². The first kappa shape index (κ1) is 19.2. The van der Waals surface area contributed by atoms with Gasteiger partial charge in [-0.15, -0.1) is 12.4 Å². The highest BCUT2D eigenvalue weighted by Crippen LogP contribution is 2.34. The van der Waals surface area contributed by atoms with Gasteiger partial charge in [0, 0.05) is 6.04 Å². The molecule has 0 saturated heterocycles. The molecule has 1 saturated carbocycles. The summed E-state index contributed by atoms with van der Waals surface area (Å²) in [5.74, 6) is -0.0298. The molecule has 1 fully saturated rings. The summed E-state index contributed by atoms with van der Waals surface area (Å²) >= 11 is 0. The Morgan fingerprint density at radius 1 is 1.23 bits per heavy atom. The predicted octanol–water partition coefficient (Wildman–Crippen LogP) is 2.53. The van der Waals surface area contributed by atoms with E-state index >= 15 is 0 Å². The molecule has 1 aromatic rings. The number of sulfonamides is 1. The minimum atomic E-state index is -4.71. The van der Waals surface area contributed by atoms with Crippen molar-refractivity contribution in [3.63, 3.8) is 0 Å². The number of hydrogen-bond acceptors (Lipinski definition) is 3. The van der Waals surface area contributed by atoms with Crippen LogP contribution in [0, 0.1) is 5.92 Å². The smallest absolute Gasteiger partial charge is 0.330 e. The number of alkyl halides is 3. The third-order valence-corrected chi connectivity index (χ3v) is 5.30. The van der Waals surface area contributed by atoms with Crippen LogP contribution in [0.2, 0.25) is 0 Å². The van der Waals surface area contributed by atoms with E-state index in [4.69, 9.17) is 5.73 Å². The van der Waals surface area contributed by atoms with Gasteiger partial charge in [-0.25, -0.2) is 13.1 Å². The van der Waals surface area contributed by atoms with Crippen molar-refractivity contribution in [2.24, 2.45) is 11.7 Å². The van der Waals surface area contributed by atoms with E-state index in [1.165, 1.54) is 12.1 Å². The van der Waals surface area contributed by atoms with Crippen molar-refractivity contribution >= 4 is 22.4 Å². The number of halogens is 4. The minimum Gasteiger partial charge on any atom is -0.330 e. The van der Waals surface area contributed by atoms with Crippen molar-refractivity contribution in [1.29, 1.82) is 0 Å². The first-order chi connectivity index (χ1) is 9.75. The summed E-state index contributed by atoms with van der Waals surface area (Å²) < 4.78 is 65.7. The Hall–Kier alpha value is -0.830. The van der Waals surface area contributed by atoms with E-state index in [2.05, 4.69) is 4.72 Å². The molecule has 1 aromatic carbocycles. The number of hydrogen-bond donors (Lipinski definition) is 2. The molecule has 0 aromatic heterocycles. The molecule has 9 heteroatoms. The van der Waals surface area contributed by atoms with E-state index in [9.17, 15) is 21.6 Å². The number of rotatable bonds is 4. The van der Waals surface area contributed by atoms with Crippen molar-refractivity contribution in [3.8, 4) is 0 Å². The van der Waals surface area contributed by atoms with Gasteiger partial charge in [-0.2, -0.15) is 13.2 Å². The molecule has 3 N–H and O–H groups in total. The monoisotopic (exact) mass is 358 g/mol. The van der Waals surface area contributed by atoms with Crippen LogP contribution in [-0.2, 0) is 16.2 Å². The molecule has 22 heavy (non-hydrogen) atoms. The van der Waals surface area contributed by atoms with Gasteiger partial charge in [0.25, 0.3) is 0 Å². The molecular formula is C13H18ClF3N2O2S. The molecule has 1 aliphatic carbocycles. The molecule has 126 valence electrons. The fourth-order valence-electron chi connectivity index (χ4n) is 2.67. The van der Waals surface area contributed by atoms with Gasteiger partial charge in [-0.3, -0.25) is 0 Å². The highest BCUT2D eigenvalue weighted by Gasteiger charge is 2.38. The maximum Gasteiger partial charge on any atom is 0.417 e. The Kier molecular flexibility index (Phi) is 6.26. The Morgan fingerprint density at radius 2 is 1.86 bits per heavy atom. The van der Waals surface area contributed by atoms with E-state index in [-0.39, 0.29) is 18.3 Å². The van der Waals surface area contributed by atoms with Crippen molar-refractivity contribution < 1.29 is 21.6 Å². The first-order valence-electron chi connectivity index (χ1n) is 6.64. The molecule has 0 aliphatic heterocycles. The average molecular weight is 359 g/mol. The van der Waals surface area contributed by atoms with E-state index in [1.807, 2.05) is 0 Å². The molecule has 2 atom stereocenters. The van der Waals surface area contributed by atoms with Gasteiger partial charge in [0.1, 0.15) is 0 Å². The van der Waals surface area contributed by atoms with Crippen LogP contribution >= 0.6 is 12.4 Å². The lowest BCUT2D eigenvalue weighted by Crippen LogP contribution is -2.40. The summed E-state index contributed by atoms with van der Waals surface area (Å²) in [5.41, 5.74) is 4.41. The molecular weight excluding hydrogens is 341 g/mol. The highest BCUT2D eigenvalue weighted by molar-refractivity contribution is 7.89. The molecule has 0 heterocycles. The largest absolute Gasteiger partial charge is 0.417 e. The van der Waals surface area contributed by atoms with Crippen LogP contribution < -0.4 is 10.5 Å². The first-order valence-corrected chi connectivity index (χ1v) is 8.12. The Labute approximate surface area is 133 Å². The average Bonchev–Trinajstić information content (AvgIpc) is 2.84. The molecule has 2 rings (SSSR count). The predicted molar refractivity (Wildman–Crippen MR) is 79.2 cm³/mol. The van der Waals surface area contributed by atoms with Gasteiger partial charge in [-0.1, -0.05) is 18.6 Å². The van der Waals surface area contributed by atoms with Crippen molar-refractivity contribution in [2.75, 3.05) is 6.54 Å². The van der Waals surface area contributed by atoms with Gasteiger partial charge < -0.3 is 5.73 Å². The van der Waals surface area contributed by atoms with Crippen LogP contribution in [0.3, 0.4) is 0 Å². The van der Waals surface area contributed by atoms with Gasteiger partial charge in [0.2, 0.25) is 10.0 Å². The van der Waals surface area contributed by atoms with E-state index in [1.54, 1.807) is 0 Å². The fraction of sp³-hybridized carbons (Fsp3) is 0.538. The lowest BCUT2D eigenvalue weighted by molar-refractivity contribution is -0.139. The zero-order valence-corrected chi connectivity index (χ0v) is 13.3. The summed E-state index contributed by atoms with van der Waals surface area (Å²) in [6.45, 7) is 0.314. The number of nitrogens with two attached hydrogens (primary N) is 1. The number of nitrogens with one attached hydrogen (secondary N) is 1. The van der Waals surface area contributed by atoms with E-state index in [0.717, 1.165) is 25.0 Å². The third-order valence-electron chi connectivity index (χ3n) is 3.75. The maximum absolute atomic E-state index is 12.9. The summed E-state index contributed by atoms with van der Waals surface area (Å²) in [6.07, 6.45) is -2.52. The van der Waals surface area contributed by atoms with Crippen molar-refractivity contribution in [2.45, 2.75) is 36.4 Å². The molecule has 4 nitrogen and oxygen atoms in total. The van der Waals surface area contributed by atoms with Crippen LogP contribution in [0.1, 0.15) is 24.8 Å². The van der Waals surface area contributed by atoms with Gasteiger partial charge in [0.05, 0.1) is 10.5 Å². The second-order valence-corrected chi connectivity index (χ2v) is 6.83. The maximum atomic E-state index is 12.9. The highest BCUT2D eigenvalue weighted by atomic mass is 35.5. The topological polar surface area (TPSA) is 72.2 Å². The summed E-state index contributed by atoms with van der Waals surface area (Å²) in [6, 6.07) is 3.78. The Morgan fingerprint density at radius 3 is 2.45 bits per heavy atom. The normalized spacial score (nSPS) is 22.4. The lowest BCUT2D eigenvalue weighted by Gasteiger charge is -2.21. The van der Waals surface area contributed by atoms with E-state index in [0.29, 0.717) is 13.0 Å². The molecule has 1 aliphatic rings. The van der Waals surface area contributed by atoms with Crippen LogP contribution in [0.5, 0.6) is 0 Å². The standard InChI is InChI=1S/C13H17F3N2O2S.ClH/c14-13(15,16)10-5-1-2-7-12(10)21(19,20)18-11-6-3-4-9(11)8-17;/h1-2,5,7,9,11,18H,3-4,6,8,17H2;1H. The van der Waals surface area contributed by atoms with Gasteiger partial charge in [-0.05, 0) is 37.4 Å². The lowest BCUT2D eigenvalue weighted by atomic mass is 10.1. The van der Waals surface area contributed by atoms with Crippen LogP contribution in [0.15, 0.2) is 29.2 Å². The Bertz CT molecular complexity index is 608. The molecule has 0 bridgehead atoms. The zero-order valence-electron chi connectivity index (χ0n) is 11.6. The van der Waals surface area contributed by atoms with Crippen LogP contribution in [0.25, 0.3) is 0 Å². The van der Waals surface area contributed by atoms with Crippen LogP contribution in [-0.4, -0.2) is 21.0 Å². The minimum absolute atomic E-state index is 0. The van der Waals surface area contributed by atoms with Crippen molar-refractivity contribution in [3.05, 3.63) is 29.8 Å². The zero-order chi connectivity index (χ0) is 15.7. The quantitative estimate of drug-likeness (QED) is 0.868. The van der Waals surface area contributed by atoms with E-state index < -0.39 is 32.7 Å². The molecule has 2 unspecified atom stereocenters. The second kappa shape index (κ2) is 7.16. The molecule has 0 spiro atoms. The third kappa shape index (κ3) is 4.13. The van der Waals surface area contributed by atoms with Gasteiger partial charge >= 0.3 is 6.18 Å². The number of benzene rings is 1. The van der Waals surface area contributed by atoms with Crippen molar-refractivity contribution in [1.82, 2.24) is 4.72 Å². The summed E-state index contributed by atoms with van der Waals surface area (Å²) in [5, 5.41) is 0.